The highest BCUT2D eigenvalue weighted by molar-refractivity contribution is 6.32. The van der Waals surface area contributed by atoms with Crippen LogP contribution in [0.25, 0.3) is 0 Å². The Labute approximate surface area is 187 Å². The number of hydrogen-bond donors (Lipinski definition) is 1. The third kappa shape index (κ3) is 3.62. The molecule has 3 aliphatic heterocycles. The number of rotatable bonds is 7. The van der Waals surface area contributed by atoms with Gasteiger partial charge in [-0.25, -0.2) is 0 Å². The molecule has 0 bridgehead atoms. The highest BCUT2D eigenvalue weighted by atomic mass is 35.5. The van der Waals surface area contributed by atoms with Crippen molar-refractivity contribution in [3.05, 3.63) is 34.6 Å². The van der Waals surface area contributed by atoms with Crippen molar-refractivity contribution >= 4 is 29.5 Å². The molecule has 2 saturated heterocycles. The summed E-state index contributed by atoms with van der Waals surface area (Å²) >= 11 is 6.36. The van der Waals surface area contributed by atoms with Crippen LogP contribution in [-0.2, 0) is 19.9 Å². The number of piperidine rings is 2. The summed E-state index contributed by atoms with van der Waals surface area (Å²) in [6, 6.07) is 3.57. The molecule has 0 spiro atoms. The second-order valence-electron chi connectivity index (χ2n) is 8.44. The third-order valence-electron chi connectivity index (χ3n) is 6.99. The molecule has 2 fully saturated rings. The average Bonchev–Trinajstić information content (AvgIpc) is 3.09. The van der Waals surface area contributed by atoms with Crippen LogP contribution in [0.4, 0.5) is 5.69 Å². The van der Waals surface area contributed by atoms with Crippen molar-refractivity contribution in [3.8, 4) is 5.75 Å². The molecule has 0 aliphatic carbocycles. The Kier molecular flexibility index (Phi) is 6.28. The molecular weight excluding hydrogens is 420 g/mol. The Bertz CT molecular complexity index is 917. The maximum Gasteiger partial charge on any atom is 0.293 e. The van der Waals surface area contributed by atoms with Gasteiger partial charge in [-0.2, -0.15) is 0 Å². The van der Waals surface area contributed by atoms with Crippen molar-refractivity contribution in [2.24, 2.45) is 16.8 Å². The van der Waals surface area contributed by atoms with Crippen LogP contribution < -0.4 is 4.74 Å². The summed E-state index contributed by atoms with van der Waals surface area (Å²) < 4.78 is 15.9. The first kappa shape index (κ1) is 22.1. The van der Waals surface area contributed by atoms with Crippen LogP contribution in [-0.4, -0.2) is 62.1 Å². The van der Waals surface area contributed by atoms with Crippen LogP contribution in [0.3, 0.4) is 0 Å². The molecule has 168 valence electrons. The highest BCUT2D eigenvalue weighted by Gasteiger charge is 2.54. The molecular formula is C23H29ClN2O5. The number of aliphatic hydroxyl groups is 1. The Morgan fingerprint density at radius 1 is 1.42 bits per heavy atom. The van der Waals surface area contributed by atoms with Crippen LogP contribution in [0.15, 0.2) is 29.0 Å². The van der Waals surface area contributed by atoms with Crippen LogP contribution in [0.5, 0.6) is 5.75 Å². The predicted molar refractivity (Wildman–Crippen MR) is 118 cm³/mol. The highest BCUT2D eigenvalue weighted by Crippen LogP contribution is 2.53. The zero-order valence-electron chi connectivity index (χ0n) is 18.1. The third-order valence-corrected chi connectivity index (χ3v) is 7.29. The summed E-state index contributed by atoms with van der Waals surface area (Å²) in [5.74, 6) is 1.05. The largest absolute Gasteiger partial charge is 0.504 e. The minimum Gasteiger partial charge on any atom is -0.504 e. The average molecular weight is 449 g/mol. The summed E-state index contributed by atoms with van der Waals surface area (Å²) in [7, 11) is 3.17. The molecule has 0 radical (unpaired) electrons. The quantitative estimate of drug-likeness (QED) is 0.508. The zero-order valence-corrected chi connectivity index (χ0v) is 18.9. The smallest absolute Gasteiger partial charge is 0.293 e. The van der Waals surface area contributed by atoms with E-state index in [1.807, 2.05) is 6.07 Å². The maximum absolute atomic E-state index is 11.8. The van der Waals surface area contributed by atoms with Gasteiger partial charge in [0.15, 0.2) is 0 Å². The molecule has 3 heterocycles. The Hall–Kier alpha value is -2.09. The van der Waals surface area contributed by atoms with E-state index in [0.717, 1.165) is 37.2 Å². The summed E-state index contributed by atoms with van der Waals surface area (Å²) in [5.41, 5.74) is 1.89. The number of halogens is 1. The van der Waals surface area contributed by atoms with Crippen molar-refractivity contribution in [1.29, 1.82) is 0 Å². The van der Waals surface area contributed by atoms with E-state index in [-0.39, 0.29) is 18.6 Å². The normalized spacial score (nSPS) is 30.0. The first-order valence-corrected chi connectivity index (χ1v) is 11.1. The van der Waals surface area contributed by atoms with Gasteiger partial charge in [0.25, 0.3) is 6.47 Å². The molecule has 4 atom stereocenters. The summed E-state index contributed by atoms with van der Waals surface area (Å²) in [4.78, 5) is 18.1. The van der Waals surface area contributed by atoms with Crippen LogP contribution >= 0.6 is 11.6 Å². The fourth-order valence-corrected chi connectivity index (χ4v) is 5.78. The van der Waals surface area contributed by atoms with Gasteiger partial charge in [0.2, 0.25) is 0 Å². The topological polar surface area (TPSA) is 80.6 Å². The maximum atomic E-state index is 11.8. The Morgan fingerprint density at radius 2 is 2.23 bits per heavy atom. The SMILES string of the molecule is CC[C@@H]1CN2CC[C@@]3(O)C(=Nc4ccc(Cl)c(OC)c43)[C@@H]2C[C@@H]1C(=COC)COC=O. The van der Waals surface area contributed by atoms with Crippen molar-refractivity contribution in [1.82, 2.24) is 4.90 Å². The molecule has 3 aliphatic rings. The lowest BCUT2D eigenvalue weighted by Gasteiger charge is -2.50. The second-order valence-corrected chi connectivity index (χ2v) is 8.85. The minimum atomic E-state index is -1.19. The summed E-state index contributed by atoms with van der Waals surface area (Å²) in [5, 5.41) is 12.3. The number of aliphatic imine (C=N–C) groups is 1. The minimum absolute atomic E-state index is 0.0288. The number of fused-ring (bicyclic) bond motifs is 5. The number of nitrogens with zero attached hydrogens (tertiary/aromatic N) is 2. The van der Waals surface area contributed by atoms with Gasteiger partial charge in [-0.05, 0) is 36.8 Å². The van der Waals surface area contributed by atoms with Crippen molar-refractivity contribution in [3.63, 3.8) is 0 Å². The molecule has 0 amide bonds. The molecule has 1 aromatic carbocycles. The number of carbonyl (C=O) groups is 1. The molecule has 0 aromatic heterocycles. The van der Waals surface area contributed by atoms with Gasteiger partial charge in [0, 0.05) is 18.7 Å². The van der Waals surface area contributed by atoms with E-state index in [9.17, 15) is 9.90 Å². The van der Waals surface area contributed by atoms with Gasteiger partial charge in [0.05, 0.1) is 48.5 Å². The molecule has 0 saturated carbocycles. The van der Waals surface area contributed by atoms with Gasteiger partial charge < -0.3 is 19.3 Å². The number of hydrogen-bond acceptors (Lipinski definition) is 7. The van der Waals surface area contributed by atoms with Crippen LogP contribution in [0, 0.1) is 11.8 Å². The summed E-state index contributed by atoms with van der Waals surface area (Å²) in [6.45, 7) is 4.49. The summed E-state index contributed by atoms with van der Waals surface area (Å²) in [6.07, 6.45) is 4.00. The lowest BCUT2D eigenvalue weighted by molar-refractivity contribution is -0.128. The molecule has 1 N–H and O–H groups in total. The number of ether oxygens (including phenoxy) is 3. The van der Waals surface area contributed by atoms with Gasteiger partial charge in [-0.3, -0.25) is 14.7 Å². The van der Waals surface area contributed by atoms with Crippen LogP contribution in [0.2, 0.25) is 5.02 Å². The van der Waals surface area contributed by atoms with E-state index in [0.29, 0.717) is 40.8 Å². The van der Waals surface area contributed by atoms with Crippen LogP contribution in [0.1, 0.15) is 31.7 Å². The first-order chi connectivity index (χ1) is 15.0. The Balaban J connectivity index is 1.70. The lowest BCUT2D eigenvalue weighted by Crippen LogP contribution is -2.60. The number of carbonyl (C=O) groups excluding carboxylic acids is 1. The van der Waals surface area contributed by atoms with Crippen molar-refractivity contribution < 1.29 is 24.1 Å². The van der Waals surface area contributed by atoms with Gasteiger partial charge in [-0.15, -0.1) is 0 Å². The molecule has 7 nitrogen and oxygen atoms in total. The standard InChI is InChI=1S/C23H29ClN2O5/c1-4-14-10-26-8-7-23(28)20-18(6-5-17(24)21(20)30-3)25-22(23)19(26)9-16(14)15(11-29-2)12-31-13-27/h5-6,11,13-14,16,19,28H,4,7-10,12H2,1-3H3/t14-,16+,19+,23+/m1/s1. The molecule has 8 heteroatoms. The van der Waals surface area contributed by atoms with Crippen molar-refractivity contribution in [2.75, 3.05) is 33.9 Å². The van der Waals surface area contributed by atoms with Crippen molar-refractivity contribution in [2.45, 2.75) is 37.8 Å². The van der Waals surface area contributed by atoms with Gasteiger partial charge >= 0.3 is 0 Å². The Morgan fingerprint density at radius 3 is 2.90 bits per heavy atom. The lowest BCUT2D eigenvalue weighted by atomic mass is 9.70. The molecule has 0 unspecified atom stereocenters. The first-order valence-electron chi connectivity index (χ1n) is 10.7. The van der Waals surface area contributed by atoms with Gasteiger partial charge in [-0.1, -0.05) is 24.9 Å². The van der Waals surface area contributed by atoms with E-state index >= 15 is 0 Å². The van der Waals surface area contributed by atoms with Gasteiger partial charge in [0.1, 0.15) is 18.0 Å². The number of methoxy groups -OCH3 is 2. The van der Waals surface area contributed by atoms with E-state index in [4.69, 9.17) is 30.8 Å². The van der Waals surface area contributed by atoms with E-state index in [1.165, 1.54) is 0 Å². The van der Waals surface area contributed by atoms with E-state index in [1.54, 1.807) is 26.5 Å². The fourth-order valence-electron chi connectivity index (χ4n) is 5.55. The monoisotopic (exact) mass is 448 g/mol. The molecule has 31 heavy (non-hydrogen) atoms. The predicted octanol–water partition coefficient (Wildman–Crippen LogP) is 3.45. The fraction of sp³-hybridized carbons (Fsp3) is 0.565. The number of benzene rings is 1. The van der Waals surface area contributed by atoms with E-state index in [2.05, 4.69) is 11.8 Å². The zero-order chi connectivity index (χ0) is 22.2. The molecule has 1 aromatic rings. The molecule has 4 rings (SSSR count). The van der Waals surface area contributed by atoms with E-state index < -0.39 is 5.60 Å². The second kappa shape index (κ2) is 8.81.